The predicted octanol–water partition coefficient (Wildman–Crippen LogP) is 3.18. The summed E-state index contributed by atoms with van der Waals surface area (Å²) in [6.07, 6.45) is 3.21. The Balaban J connectivity index is 1.96. The summed E-state index contributed by atoms with van der Waals surface area (Å²) in [5.41, 5.74) is 9.47. The minimum absolute atomic E-state index is 0.669. The highest BCUT2D eigenvalue weighted by atomic mass is 32.2. The first-order valence-corrected chi connectivity index (χ1v) is 7.04. The smallest absolute Gasteiger partial charge is 0.119 e. The van der Waals surface area contributed by atoms with Crippen molar-refractivity contribution < 1.29 is 0 Å². The molecule has 1 aliphatic carbocycles. The molecule has 0 radical (unpaired) electrons. The molecule has 0 bridgehead atoms. The third-order valence-corrected chi connectivity index (χ3v) is 4.24. The van der Waals surface area contributed by atoms with Crippen molar-refractivity contribution in [2.24, 2.45) is 0 Å². The fraction of sp³-hybridized carbons (Fsp3) is 0.200. The molecule has 1 aliphatic rings. The number of aryl methyl sites for hydroxylation is 2. The first-order chi connectivity index (χ1) is 9.26. The fourth-order valence-electron chi connectivity index (χ4n) is 2.26. The summed E-state index contributed by atoms with van der Waals surface area (Å²) in [5.74, 6) is 0. The van der Waals surface area contributed by atoms with Crippen molar-refractivity contribution in [2.45, 2.75) is 29.2 Å². The standard InChI is InChI=1S/C15H13N3S/c16-9-11-8-10-2-1-3-14(10)18-15(11)19-13-6-4-12(17)5-7-13/h4-8H,1-3,17H2. The lowest BCUT2D eigenvalue weighted by Gasteiger charge is -2.06. The van der Waals surface area contributed by atoms with Crippen molar-refractivity contribution >= 4 is 17.4 Å². The Morgan fingerprint density at radius 3 is 2.74 bits per heavy atom. The van der Waals surface area contributed by atoms with Crippen LogP contribution < -0.4 is 5.73 Å². The summed E-state index contributed by atoms with van der Waals surface area (Å²) < 4.78 is 0. The highest BCUT2D eigenvalue weighted by molar-refractivity contribution is 7.99. The molecule has 94 valence electrons. The van der Waals surface area contributed by atoms with E-state index < -0.39 is 0 Å². The lowest BCUT2D eigenvalue weighted by Crippen LogP contribution is -1.94. The summed E-state index contributed by atoms with van der Waals surface area (Å²) in [6.45, 7) is 0. The topological polar surface area (TPSA) is 62.7 Å². The normalized spacial score (nSPS) is 13.0. The summed E-state index contributed by atoms with van der Waals surface area (Å²) in [4.78, 5) is 5.70. The Morgan fingerprint density at radius 2 is 2.00 bits per heavy atom. The number of nitrogen functional groups attached to an aromatic ring is 1. The number of nitrogens with two attached hydrogens (primary N) is 1. The quantitative estimate of drug-likeness (QED) is 0.849. The van der Waals surface area contributed by atoms with Gasteiger partial charge in [0.2, 0.25) is 0 Å². The number of benzene rings is 1. The van der Waals surface area contributed by atoms with Crippen LogP contribution in [0.3, 0.4) is 0 Å². The zero-order valence-electron chi connectivity index (χ0n) is 10.4. The molecule has 0 atom stereocenters. The largest absolute Gasteiger partial charge is 0.399 e. The number of fused-ring (bicyclic) bond motifs is 1. The van der Waals surface area contributed by atoms with Gasteiger partial charge in [0.1, 0.15) is 11.1 Å². The molecule has 1 aromatic carbocycles. The lowest BCUT2D eigenvalue weighted by atomic mass is 10.2. The number of nitriles is 1. The fourth-order valence-corrected chi connectivity index (χ4v) is 3.12. The van der Waals surface area contributed by atoms with Crippen LogP contribution in [0, 0.1) is 11.3 Å². The highest BCUT2D eigenvalue weighted by Gasteiger charge is 2.16. The number of pyridine rings is 1. The van der Waals surface area contributed by atoms with E-state index in [0.717, 1.165) is 40.6 Å². The van der Waals surface area contributed by atoms with Crippen molar-refractivity contribution in [3.63, 3.8) is 0 Å². The van der Waals surface area contributed by atoms with Crippen molar-refractivity contribution in [2.75, 3.05) is 5.73 Å². The van der Waals surface area contributed by atoms with E-state index in [1.807, 2.05) is 30.3 Å². The molecule has 0 aliphatic heterocycles. The van der Waals surface area contributed by atoms with Crippen LogP contribution in [0.25, 0.3) is 0 Å². The second-order valence-electron chi connectivity index (χ2n) is 4.58. The Hall–Kier alpha value is -1.99. The molecule has 0 saturated heterocycles. The van der Waals surface area contributed by atoms with E-state index in [9.17, 15) is 5.26 Å². The molecular formula is C15H13N3S. The van der Waals surface area contributed by atoms with Gasteiger partial charge in [-0.2, -0.15) is 5.26 Å². The summed E-state index contributed by atoms with van der Waals surface area (Å²) in [6, 6.07) is 11.9. The van der Waals surface area contributed by atoms with Crippen LogP contribution in [0.4, 0.5) is 5.69 Å². The molecule has 4 heteroatoms. The molecule has 19 heavy (non-hydrogen) atoms. The van der Waals surface area contributed by atoms with Gasteiger partial charge in [0.15, 0.2) is 0 Å². The Bertz CT molecular complexity index is 656. The summed E-state index contributed by atoms with van der Waals surface area (Å²) in [7, 11) is 0. The van der Waals surface area contributed by atoms with E-state index in [2.05, 4.69) is 11.1 Å². The van der Waals surface area contributed by atoms with E-state index in [0.29, 0.717) is 5.56 Å². The van der Waals surface area contributed by atoms with Crippen molar-refractivity contribution in [3.05, 3.63) is 47.2 Å². The zero-order chi connectivity index (χ0) is 13.2. The molecule has 3 nitrogen and oxygen atoms in total. The first-order valence-electron chi connectivity index (χ1n) is 6.22. The number of hydrogen-bond acceptors (Lipinski definition) is 4. The third kappa shape index (κ3) is 2.42. The molecule has 0 saturated carbocycles. The lowest BCUT2D eigenvalue weighted by molar-refractivity contribution is 0.891. The van der Waals surface area contributed by atoms with Crippen LogP contribution in [-0.4, -0.2) is 4.98 Å². The van der Waals surface area contributed by atoms with Gasteiger partial charge in [-0.25, -0.2) is 4.98 Å². The average Bonchev–Trinajstić information content (AvgIpc) is 2.87. The van der Waals surface area contributed by atoms with Crippen LogP contribution in [0.1, 0.15) is 23.2 Å². The Morgan fingerprint density at radius 1 is 1.21 bits per heavy atom. The first kappa shape index (κ1) is 12.1. The molecule has 0 fully saturated rings. The maximum Gasteiger partial charge on any atom is 0.119 e. The van der Waals surface area contributed by atoms with Crippen molar-refractivity contribution in [3.8, 4) is 6.07 Å². The second-order valence-corrected chi connectivity index (χ2v) is 5.65. The molecule has 2 N–H and O–H groups in total. The maximum atomic E-state index is 9.25. The Kier molecular flexibility index (Phi) is 3.14. The van der Waals surface area contributed by atoms with Gasteiger partial charge in [-0.1, -0.05) is 11.8 Å². The van der Waals surface area contributed by atoms with Crippen LogP contribution in [-0.2, 0) is 12.8 Å². The van der Waals surface area contributed by atoms with Gasteiger partial charge >= 0.3 is 0 Å². The van der Waals surface area contributed by atoms with Crippen LogP contribution in [0.2, 0.25) is 0 Å². The number of nitrogens with zero attached hydrogens (tertiary/aromatic N) is 2. The zero-order valence-corrected chi connectivity index (χ0v) is 11.2. The van der Waals surface area contributed by atoms with Gasteiger partial charge in [-0.15, -0.1) is 0 Å². The van der Waals surface area contributed by atoms with Gasteiger partial charge in [-0.3, -0.25) is 0 Å². The van der Waals surface area contributed by atoms with E-state index in [1.54, 1.807) is 0 Å². The second kappa shape index (κ2) is 4.94. The number of anilines is 1. The van der Waals surface area contributed by atoms with Crippen LogP contribution in [0.15, 0.2) is 40.3 Å². The monoisotopic (exact) mass is 267 g/mol. The number of aromatic nitrogens is 1. The molecule has 0 amide bonds. The predicted molar refractivity (Wildman–Crippen MR) is 76.0 cm³/mol. The van der Waals surface area contributed by atoms with Gasteiger partial charge in [0.25, 0.3) is 0 Å². The SMILES string of the molecule is N#Cc1cc2c(nc1Sc1ccc(N)cc1)CCC2. The minimum atomic E-state index is 0.669. The van der Waals surface area contributed by atoms with E-state index in [-0.39, 0.29) is 0 Å². The van der Waals surface area contributed by atoms with Crippen LogP contribution in [0.5, 0.6) is 0 Å². The van der Waals surface area contributed by atoms with Gasteiger partial charge in [0.05, 0.1) is 5.56 Å². The van der Waals surface area contributed by atoms with E-state index >= 15 is 0 Å². The number of hydrogen-bond donors (Lipinski definition) is 1. The molecule has 0 unspecified atom stereocenters. The maximum absolute atomic E-state index is 9.25. The number of rotatable bonds is 2. The molecule has 3 rings (SSSR count). The van der Waals surface area contributed by atoms with E-state index in [4.69, 9.17) is 5.73 Å². The van der Waals surface area contributed by atoms with Crippen molar-refractivity contribution in [1.29, 1.82) is 5.26 Å². The van der Waals surface area contributed by atoms with Gasteiger partial charge < -0.3 is 5.73 Å². The van der Waals surface area contributed by atoms with Gasteiger partial charge in [-0.05, 0) is 55.2 Å². The molecule has 2 aromatic rings. The summed E-state index contributed by atoms with van der Waals surface area (Å²) in [5, 5.41) is 10.0. The molecule has 0 spiro atoms. The van der Waals surface area contributed by atoms with E-state index in [1.165, 1.54) is 17.3 Å². The molecular weight excluding hydrogens is 254 g/mol. The highest BCUT2D eigenvalue weighted by Crippen LogP contribution is 2.32. The average molecular weight is 267 g/mol. The third-order valence-electron chi connectivity index (χ3n) is 3.23. The summed E-state index contributed by atoms with van der Waals surface area (Å²) >= 11 is 1.52. The molecule has 1 aromatic heterocycles. The molecule has 1 heterocycles. The van der Waals surface area contributed by atoms with Gasteiger partial charge in [0, 0.05) is 16.3 Å². The Labute approximate surface area is 116 Å². The van der Waals surface area contributed by atoms with Crippen molar-refractivity contribution in [1.82, 2.24) is 4.98 Å². The minimum Gasteiger partial charge on any atom is -0.399 e. The van der Waals surface area contributed by atoms with Crippen LogP contribution >= 0.6 is 11.8 Å².